The highest BCUT2D eigenvalue weighted by Crippen LogP contribution is 2.20. The number of nitrogens with one attached hydrogen (secondary N) is 2. The van der Waals surface area contributed by atoms with Crippen LogP contribution in [-0.4, -0.2) is 26.2 Å². The lowest BCUT2D eigenvalue weighted by Crippen LogP contribution is -2.21. The van der Waals surface area contributed by atoms with Gasteiger partial charge in [-0.05, 0) is 25.6 Å². The van der Waals surface area contributed by atoms with Gasteiger partial charge in [0, 0.05) is 24.8 Å². The molecule has 0 aromatic heterocycles. The number of rotatable bonds is 7. The zero-order valence-electron chi connectivity index (χ0n) is 9.85. The molecule has 1 aromatic rings. The van der Waals surface area contributed by atoms with Gasteiger partial charge in [-0.3, -0.25) is 0 Å². The number of hydrogen-bond acceptors (Lipinski definition) is 3. The van der Waals surface area contributed by atoms with Gasteiger partial charge >= 0.3 is 0 Å². The molecule has 0 amide bonds. The first-order chi connectivity index (χ1) is 7.77. The van der Waals surface area contributed by atoms with Crippen molar-refractivity contribution in [1.82, 2.24) is 5.32 Å². The second-order valence-corrected chi connectivity index (χ2v) is 3.36. The van der Waals surface area contributed by atoms with E-state index in [-0.39, 0.29) is 5.82 Å². The molecular formula is C12H19FN2O. The smallest absolute Gasteiger partial charge is 0.167 e. The van der Waals surface area contributed by atoms with E-state index in [0.29, 0.717) is 12.4 Å². The Morgan fingerprint density at radius 3 is 2.69 bits per heavy atom. The van der Waals surface area contributed by atoms with E-state index >= 15 is 0 Å². The van der Waals surface area contributed by atoms with Crippen LogP contribution >= 0.6 is 0 Å². The zero-order chi connectivity index (χ0) is 11.8. The van der Waals surface area contributed by atoms with Gasteiger partial charge < -0.3 is 15.4 Å². The summed E-state index contributed by atoms with van der Waals surface area (Å²) in [4.78, 5) is 0. The predicted octanol–water partition coefficient (Wildman–Crippen LogP) is 2.25. The Labute approximate surface area is 96.0 Å². The third-order valence-corrected chi connectivity index (χ3v) is 2.11. The highest BCUT2D eigenvalue weighted by atomic mass is 19.1. The fourth-order valence-corrected chi connectivity index (χ4v) is 1.36. The molecule has 1 rings (SSSR count). The first-order valence-electron chi connectivity index (χ1n) is 5.64. The second-order valence-electron chi connectivity index (χ2n) is 3.36. The Bertz CT molecular complexity index is 318. The van der Waals surface area contributed by atoms with Gasteiger partial charge in [0.05, 0.1) is 6.61 Å². The lowest BCUT2D eigenvalue weighted by atomic mass is 10.3. The first-order valence-corrected chi connectivity index (χ1v) is 5.64. The number of benzene rings is 1. The molecule has 0 spiro atoms. The first kappa shape index (κ1) is 12.8. The largest absolute Gasteiger partial charge is 0.491 e. The molecule has 16 heavy (non-hydrogen) atoms. The number of halogens is 1. The van der Waals surface area contributed by atoms with Crippen molar-refractivity contribution in [2.24, 2.45) is 0 Å². The van der Waals surface area contributed by atoms with Crippen LogP contribution in [0.3, 0.4) is 0 Å². The molecule has 2 N–H and O–H groups in total. The number of hydrogen-bond donors (Lipinski definition) is 2. The Morgan fingerprint density at radius 2 is 2.06 bits per heavy atom. The maximum Gasteiger partial charge on any atom is 0.167 e. The van der Waals surface area contributed by atoms with Crippen LogP contribution in [0, 0.1) is 5.82 Å². The van der Waals surface area contributed by atoms with E-state index in [1.54, 1.807) is 6.07 Å². The van der Waals surface area contributed by atoms with E-state index in [2.05, 4.69) is 17.6 Å². The highest BCUT2D eigenvalue weighted by molar-refractivity contribution is 5.47. The topological polar surface area (TPSA) is 33.3 Å². The van der Waals surface area contributed by atoms with Gasteiger partial charge in [-0.25, -0.2) is 4.39 Å². The lowest BCUT2D eigenvalue weighted by Gasteiger charge is -2.09. The van der Waals surface area contributed by atoms with E-state index in [4.69, 9.17) is 4.74 Å². The van der Waals surface area contributed by atoms with Crippen molar-refractivity contribution in [1.29, 1.82) is 0 Å². The lowest BCUT2D eigenvalue weighted by molar-refractivity contribution is 0.321. The summed E-state index contributed by atoms with van der Waals surface area (Å²) in [6.07, 6.45) is 0. The molecule has 0 radical (unpaired) electrons. The van der Waals surface area contributed by atoms with Gasteiger partial charge in [-0.1, -0.05) is 6.92 Å². The van der Waals surface area contributed by atoms with Crippen LogP contribution < -0.4 is 15.4 Å². The average Bonchev–Trinajstić information content (AvgIpc) is 2.28. The molecule has 4 heteroatoms. The quantitative estimate of drug-likeness (QED) is 0.700. The molecular weight excluding hydrogens is 207 g/mol. The van der Waals surface area contributed by atoms with Crippen LogP contribution in [0.25, 0.3) is 0 Å². The second kappa shape index (κ2) is 7.06. The van der Waals surface area contributed by atoms with E-state index < -0.39 is 0 Å². The van der Waals surface area contributed by atoms with Crippen LogP contribution in [0.4, 0.5) is 10.1 Å². The molecule has 90 valence electrons. The molecule has 0 bridgehead atoms. The van der Waals surface area contributed by atoms with Crippen molar-refractivity contribution in [2.75, 3.05) is 31.6 Å². The van der Waals surface area contributed by atoms with Crippen LogP contribution in [0.15, 0.2) is 18.2 Å². The molecule has 0 aliphatic heterocycles. The van der Waals surface area contributed by atoms with Crippen LogP contribution in [0.5, 0.6) is 5.75 Å². The van der Waals surface area contributed by atoms with Crippen molar-refractivity contribution in [3.05, 3.63) is 24.0 Å². The van der Waals surface area contributed by atoms with Crippen molar-refractivity contribution in [3.63, 3.8) is 0 Å². The predicted molar refractivity (Wildman–Crippen MR) is 64.6 cm³/mol. The summed E-state index contributed by atoms with van der Waals surface area (Å²) >= 11 is 0. The fourth-order valence-electron chi connectivity index (χ4n) is 1.36. The van der Waals surface area contributed by atoms with Gasteiger partial charge in [0.25, 0.3) is 0 Å². The third kappa shape index (κ3) is 4.06. The summed E-state index contributed by atoms with van der Waals surface area (Å²) in [5.41, 5.74) is 0.777. The minimum absolute atomic E-state index is 0.305. The molecule has 0 saturated carbocycles. The molecule has 0 aliphatic carbocycles. The molecule has 0 aliphatic rings. The normalized spacial score (nSPS) is 10.2. The van der Waals surface area contributed by atoms with E-state index in [1.165, 1.54) is 6.07 Å². The highest BCUT2D eigenvalue weighted by Gasteiger charge is 2.03. The number of anilines is 1. The minimum atomic E-state index is -0.324. The Hall–Kier alpha value is -1.29. The molecule has 0 saturated heterocycles. The minimum Gasteiger partial charge on any atom is -0.491 e. The molecule has 0 atom stereocenters. The van der Waals surface area contributed by atoms with Crippen molar-refractivity contribution in [2.45, 2.75) is 13.8 Å². The van der Waals surface area contributed by atoms with Gasteiger partial charge in [0.1, 0.15) is 0 Å². The summed E-state index contributed by atoms with van der Waals surface area (Å²) in [7, 11) is 0. The zero-order valence-corrected chi connectivity index (χ0v) is 9.85. The Kier molecular flexibility index (Phi) is 5.64. The maximum absolute atomic E-state index is 13.4. The SMILES string of the molecule is CCNCCNc1ccc(OCC)c(F)c1. The molecule has 0 heterocycles. The summed E-state index contributed by atoms with van der Waals surface area (Å²) < 4.78 is 18.6. The molecule has 0 unspecified atom stereocenters. The van der Waals surface area contributed by atoms with Crippen molar-refractivity contribution in [3.8, 4) is 5.75 Å². The summed E-state index contributed by atoms with van der Waals surface area (Å²) in [5.74, 6) is -0.0185. The third-order valence-electron chi connectivity index (χ3n) is 2.11. The summed E-state index contributed by atoms with van der Waals surface area (Å²) in [5, 5.41) is 6.32. The standard InChI is InChI=1S/C12H19FN2O/c1-3-14-7-8-15-10-5-6-12(16-4-2)11(13)9-10/h5-6,9,14-15H,3-4,7-8H2,1-2H3. The van der Waals surface area contributed by atoms with Crippen LogP contribution in [-0.2, 0) is 0 Å². The van der Waals surface area contributed by atoms with E-state index in [1.807, 2.05) is 13.0 Å². The van der Waals surface area contributed by atoms with Gasteiger partial charge in [-0.15, -0.1) is 0 Å². The summed E-state index contributed by atoms with van der Waals surface area (Å²) in [6.45, 7) is 6.95. The van der Waals surface area contributed by atoms with E-state index in [9.17, 15) is 4.39 Å². The molecule has 0 fully saturated rings. The number of ether oxygens (including phenoxy) is 1. The average molecular weight is 226 g/mol. The summed E-state index contributed by atoms with van der Waals surface area (Å²) in [6, 6.07) is 4.92. The molecule has 1 aromatic carbocycles. The Morgan fingerprint density at radius 1 is 1.25 bits per heavy atom. The fraction of sp³-hybridized carbons (Fsp3) is 0.500. The maximum atomic E-state index is 13.4. The van der Waals surface area contributed by atoms with Crippen molar-refractivity contribution < 1.29 is 9.13 Å². The molecule has 3 nitrogen and oxygen atoms in total. The van der Waals surface area contributed by atoms with Crippen LogP contribution in [0.2, 0.25) is 0 Å². The van der Waals surface area contributed by atoms with Crippen molar-refractivity contribution >= 4 is 5.69 Å². The van der Waals surface area contributed by atoms with Gasteiger partial charge in [0.15, 0.2) is 11.6 Å². The van der Waals surface area contributed by atoms with Gasteiger partial charge in [-0.2, -0.15) is 0 Å². The number of likely N-dealkylation sites (N-methyl/N-ethyl adjacent to an activating group) is 1. The van der Waals surface area contributed by atoms with E-state index in [0.717, 1.165) is 25.3 Å². The van der Waals surface area contributed by atoms with Crippen LogP contribution in [0.1, 0.15) is 13.8 Å². The van der Waals surface area contributed by atoms with Gasteiger partial charge in [0.2, 0.25) is 0 Å². The Balaban J connectivity index is 2.46. The monoisotopic (exact) mass is 226 g/mol.